The van der Waals surface area contributed by atoms with Crippen molar-refractivity contribution in [2.45, 2.75) is 6.04 Å². The standard InChI is InChI=1S/C20H26N4O/c1-23-12-14-24(15-13-23)16-19(17-8-4-2-5-9-17)22-20(25)21-18-10-6-3-7-11-18/h2-11,19H,12-16H2,1H3,(H2,21,22,25). The first kappa shape index (κ1) is 17.5. The van der Waals surface area contributed by atoms with Crippen LogP contribution in [0.5, 0.6) is 0 Å². The van der Waals surface area contributed by atoms with Crippen molar-refractivity contribution in [2.24, 2.45) is 0 Å². The van der Waals surface area contributed by atoms with Crippen molar-refractivity contribution >= 4 is 11.7 Å². The number of nitrogens with one attached hydrogen (secondary N) is 2. The van der Waals surface area contributed by atoms with Crippen LogP contribution < -0.4 is 10.6 Å². The Kier molecular flexibility index (Phi) is 6.04. The molecule has 0 aromatic heterocycles. The SMILES string of the molecule is CN1CCN(CC(NC(=O)Nc2ccccc2)c2ccccc2)CC1. The number of urea groups is 1. The smallest absolute Gasteiger partial charge is 0.319 e. The number of para-hydroxylation sites is 1. The highest BCUT2D eigenvalue weighted by Gasteiger charge is 2.21. The van der Waals surface area contributed by atoms with Gasteiger partial charge in [-0.3, -0.25) is 4.90 Å². The minimum Gasteiger partial charge on any atom is -0.330 e. The number of rotatable bonds is 5. The van der Waals surface area contributed by atoms with E-state index in [1.54, 1.807) is 0 Å². The molecule has 2 aromatic carbocycles. The average Bonchev–Trinajstić information content (AvgIpc) is 2.64. The molecule has 1 atom stereocenters. The molecule has 1 aliphatic heterocycles. The molecule has 1 unspecified atom stereocenters. The van der Waals surface area contributed by atoms with Crippen LogP contribution in [0.25, 0.3) is 0 Å². The van der Waals surface area contributed by atoms with Gasteiger partial charge in [0.25, 0.3) is 0 Å². The molecule has 0 radical (unpaired) electrons. The molecule has 1 saturated heterocycles. The Morgan fingerprint density at radius 2 is 1.56 bits per heavy atom. The fourth-order valence-corrected chi connectivity index (χ4v) is 3.06. The summed E-state index contributed by atoms with van der Waals surface area (Å²) in [5, 5.41) is 6.04. The minimum absolute atomic E-state index is 0.0340. The van der Waals surface area contributed by atoms with Crippen LogP contribution >= 0.6 is 0 Å². The minimum atomic E-state index is -0.172. The van der Waals surface area contributed by atoms with Crippen molar-refractivity contribution < 1.29 is 4.79 Å². The van der Waals surface area contributed by atoms with Gasteiger partial charge in [0, 0.05) is 38.4 Å². The molecule has 1 fully saturated rings. The highest BCUT2D eigenvalue weighted by Crippen LogP contribution is 2.16. The second-order valence-corrected chi connectivity index (χ2v) is 6.53. The summed E-state index contributed by atoms with van der Waals surface area (Å²) >= 11 is 0. The van der Waals surface area contributed by atoms with Crippen molar-refractivity contribution in [1.29, 1.82) is 0 Å². The van der Waals surface area contributed by atoms with Gasteiger partial charge in [-0.15, -0.1) is 0 Å². The number of piperazine rings is 1. The maximum absolute atomic E-state index is 12.4. The summed E-state index contributed by atoms with van der Waals surface area (Å²) < 4.78 is 0. The van der Waals surface area contributed by atoms with Gasteiger partial charge in [-0.05, 0) is 24.7 Å². The van der Waals surface area contributed by atoms with Gasteiger partial charge in [0.05, 0.1) is 6.04 Å². The van der Waals surface area contributed by atoms with E-state index < -0.39 is 0 Å². The Labute approximate surface area is 149 Å². The van der Waals surface area contributed by atoms with Gasteiger partial charge in [-0.25, -0.2) is 4.79 Å². The lowest BCUT2D eigenvalue weighted by molar-refractivity contribution is 0.143. The first-order chi connectivity index (χ1) is 12.2. The van der Waals surface area contributed by atoms with E-state index in [0.29, 0.717) is 0 Å². The topological polar surface area (TPSA) is 47.6 Å². The average molecular weight is 338 g/mol. The summed E-state index contributed by atoms with van der Waals surface area (Å²) in [4.78, 5) is 17.2. The number of hydrogen-bond acceptors (Lipinski definition) is 3. The van der Waals surface area contributed by atoms with Gasteiger partial charge in [0.2, 0.25) is 0 Å². The predicted molar refractivity (Wildman–Crippen MR) is 102 cm³/mol. The van der Waals surface area contributed by atoms with E-state index in [2.05, 4.69) is 39.6 Å². The Morgan fingerprint density at radius 3 is 2.20 bits per heavy atom. The Bertz CT molecular complexity index is 654. The zero-order valence-electron chi connectivity index (χ0n) is 14.7. The fraction of sp³-hybridized carbons (Fsp3) is 0.350. The number of hydrogen-bond donors (Lipinski definition) is 2. The van der Waals surface area contributed by atoms with Crippen LogP contribution in [-0.4, -0.2) is 55.6 Å². The molecule has 1 heterocycles. The largest absolute Gasteiger partial charge is 0.330 e. The molecule has 2 N–H and O–H groups in total. The van der Waals surface area contributed by atoms with E-state index >= 15 is 0 Å². The monoisotopic (exact) mass is 338 g/mol. The summed E-state index contributed by atoms with van der Waals surface area (Å²) in [7, 11) is 2.15. The molecule has 25 heavy (non-hydrogen) atoms. The molecule has 5 heteroatoms. The third-order valence-electron chi connectivity index (χ3n) is 4.58. The van der Waals surface area contributed by atoms with Crippen molar-refractivity contribution in [3.8, 4) is 0 Å². The predicted octanol–water partition coefficient (Wildman–Crippen LogP) is 2.80. The van der Waals surface area contributed by atoms with Gasteiger partial charge >= 0.3 is 6.03 Å². The molecule has 0 aliphatic carbocycles. The molecule has 132 valence electrons. The highest BCUT2D eigenvalue weighted by molar-refractivity contribution is 5.89. The van der Waals surface area contributed by atoms with Crippen LogP contribution in [0.3, 0.4) is 0 Å². The summed E-state index contributed by atoms with van der Waals surface area (Å²) in [5.41, 5.74) is 1.93. The summed E-state index contributed by atoms with van der Waals surface area (Å²) in [6, 6.07) is 19.5. The van der Waals surface area contributed by atoms with E-state index in [1.807, 2.05) is 48.5 Å². The Morgan fingerprint density at radius 1 is 0.960 bits per heavy atom. The molecule has 1 aliphatic rings. The van der Waals surface area contributed by atoms with Crippen LogP contribution in [0.4, 0.5) is 10.5 Å². The number of nitrogens with zero attached hydrogens (tertiary/aromatic N) is 2. The quantitative estimate of drug-likeness (QED) is 0.881. The maximum atomic E-state index is 12.4. The molecule has 2 amide bonds. The first-order valence-corrected chi connectivity index (χ1v) is 8.79. The Balaban J connectivity index is 1.65. The number of anilines is 1. The summed E-state index contributed by atoms with van der Waals surface area (Å²) in [5.74, 6) is 0. The number of benzene rings is 2. The van der Waals surface area contributed by atoms with Crippen molar-refractivity contribution in [3.05, 3.63) is 66.2 Å². The van der Waals surface area contributed by atoms with Crippen LogP contribution in [-0.2, 0) is 0 Å². The Hall–Kier alpha value is -2.37. The van der Waals surface area contributed by atoms with Crippen LogP contribution in [0, 0.1) is 0 Å². The zero-order chi connectivity index (χ0) is 17.5. The highest BCUT2D eigenvalue weighted by atomic mass is 16.2. The lowest BCUT2D eigenvalue weighted by Gasteiger charge is -2.35. The molecule has 0 saturated carbocycles. The van der Waals surface area contributed by atoms with Gasteiger partial charge < -0.3 is 15.5 Å². The number of likely N-dealkylation sites (N-methyl/N-ethyl adjacent to an activating group) is 1. The fourth-order valence-electron chi connectivity index (χ4n) is 3.06. The van der Waals surface area contributed by atoms with Crippen molar-refractivity contribution in [1.82, 2.24) is 15.1 Å². The van der Waals surface area contributed by atoms with Gasteiger partial charge in [-0.2, -0.15) is 0 Å². The molecular formula is C20H26N4O. The lowest BCUT2D eigenvalue weighted by Crippen LogP contribution is -2.48. The summed E-state index contributed by atoms with van der Waals surface area (Å²) in [6.07, 6.45) is 0. The molecule has 3 rings (SSSR count). The number of carbonyl (C=O) groups excluding carboxylic acids is 1. The number of amides is 2. The molecule has 0 bridgehead atoms. The van der Waals surface area contributed by atoms with Crippen LogP contribution in [0.2, 0.25) is 0 Å². The van der Waals surface area contributed by atoms with E-state index in [1.165, 1.54) is 0 Å². The maximum Gasteiger partial charge on any atom is 0.319 e. The van der Waals surface area contributed by atoms with Gasteiger partial charge in [0.1, 0.15) is 0 Å². The van der Waals surface area contributed by atoms with Gasteiger partial charge in [0.15, 0.2) is 0 Å². The van der Waals surface area contributed by atoms with Crippen molar-refractivity contribution in [2.75, 3.05) is 45.1 Å². The first-order valence-electron chi connectivity index (χ1n) is 8.79. The molecule has 2 aromatic rings. The van der Waals surface area contributed by atoms with Crippen LogP contribution in [0.15, 0.2) is 60.7 Å². The summed E-state index contributed by atoms with van der Waals surface area (Å²) in [6.45, 7) is 5.01. The second kappa shape index (κ2) is 8.65. The molecule has 0 spiro atoms. The third-order valence-corrected chi connectivity index (χ3v) is 4.58. The van der Waals surface area contributed by atoms with Crippen LogP contribution in [0.1, 0.15) is 11.6 Å². The van der Waals surface area contributed by atoms with E-state index in [-0.39, 0.29) is 12.1 Å². The normalized spacial score (nSPS) is 17.0. The third kappa shape index (κ3) is 5.31. The van der Waals surface area contributed by atoms with E-state index in [9.17, 15) is 4.79 Å². The molecular weight excluding hydrogens is 312 g/mol. The van der Waals surface area contributed by atoms with Gasteiger partial charge in [-0.1, -0.05) is 48.5 Å². The van der Waals surface area contributed by atoms with Crippen molar-refractivity contribution in [3.63, 3.8) is 0 Å². The second-order valence-electron chi connectivity index (χ2n) is 6.53. The zero-order valence-corrected chi connectivity index (χ0v) is 14.7. The van der Waals surface area contributed by atoms with E-state index in [0.717, 1.165) is 44.0 Å². The number of carbonyl (C=O) groups is 1. The molecule has 5 nitrogen and oxygen atoms in total. The van der Waals surface area contributed by atoms with E-state index in [4.69, 9.17) is 0 Å². The lowest BCUT2D eigenvalue weighted by atomic mass is 10.1.